The standard InChI is InChI=1S/C31H25N3O4S.C26H20N2OS2.2C23H20N2O2.C18H19N3/c1-21-7-11-23(12-8-21)20-34(39(35,36)25-14-9-22(2)10-15-25)24-13-16-26-27(19-24)33-31(29-6-4-18-38-29)30(32-26)28-5-3-17-37-28;1-17-6-8-18(9-7-17)14-20(29)15-19-10-11-21-22(16-19)28-26(24-5-3-13-31-24)25(27-21)23-4-2-12-30-23;1-15-5-7-17(8-6-15)12-19(26)13-18-9-10-20-21(14-18)24-16(2)23(25-20)22-4-3-11-27-22;1-15-5-7-17(8-6-15)12-19(26)13-18-9-10-20-21(14-18)25-23(16(2)24-20)22-4-3-11-27-22;1-11-4-6-14(7-5-11)10-15-16(19)8-9-17-18(15)21-13(3)12(2)20-17/h3-19H,20H2,1-2H3;2-13,16H,14-15H2,1H3;2*3-11,14H,12-13H2,1-2H3;4-9H,10,19H2,1-3H3. The second-order valence-electron chi connectivity index (χ2n) is 36.2. The lowest BCUT2D eigenvalue weighted by Gasteiger charge is -2.25. The van der Waals surface area contributed by atoms with Gasteiger partial charge in [0.25, 0.3) is 10.0 Å². The van der Waals surface area contributed by atoms with Gasteiger partial charge in [0.05, 0.1) is 130 Å². The van der Waals surface area contributed by atoms with E-state index in [0.29, 0.717) is 89.7 Å². The maximum absolute atomic E-state index is 14.0. The SMILES string of the molecule is Cc1ccc(CC(=O)Cc2ccc3nc(-c4ccco4)c(C)nc3c2)cc1.Cc1ccc(CC(=O)Cc2ccc3nc(-c4cccs4)c(-c4cccs4)nc3c2)cc1.Cc1ccc(CC(=O)Cc2ccc3nc(C)c(-c4ccco4)nc3c2)cc1.Cc1ccc(CN(c2ccc3nc(-c4ccco4)c(-c4ccco4)nc3c2)S(=O)(=O)c2ccc(C)cc2)cc1.Cc1ccc(Cc2c(N)ccc3nc(C)c(C)nc23)cc1. The fourth-order valence-corrected chi connectivity index (χ4v) is 19.7. The minimum absolute atomic E-state index is 0.158. The van der Waals surface area contributed by atoms with Gasteiger partial charge < -0.3 is 23.4 Å². The number of anilines is 2. The number of carbonyl (C=O) groups is 3. The third kappa shape index (κ3) is 24.3. The number of nitrogens with two attached hydrogens (primary N) is 1. The number of carbonyl (C=O) groups excluding carboxylic acids is 3. The predicted octanol–water partition coefficient (Wildman–Crippen LogP) is 27.4. The van der Waals surface area contributed by atoms with Crippen LogP contribution in [-0.2, 0) is 75.9 Å². The fourth-order valence-electron chi connectivity index (χ4n) is 16.8. The summed E-state index contributed by atoms with van der Waals surface area (Å²) in [5.74, 6) is 3.07. The van der Waals surface area contributed by atoms with Crippen molar-refractivity contribution in [2.24, 2.45) is 0 Å². The van der Waals surface area contributed by atoms with Crippen LogP contribution in [0.5, 0.6) is 0 Å². The molecule has 0 aliphatic rings. The summed E-state index contributed by atoms with van der Waals surface area (Å²) < 4.78 is 51.5. The highest BCUT2D eigenvalue weighted by Crippen LogP contribution is 2.39. The van der Waals surface area contributed by atoms with Crippen molar-refractivity contribution in [1.29, 1.82) is 0 Å². The van der Waals surface area contributed by atoms with Crippen molar-refractivity contribution in [1.82, 2.24) is 49.8 Å². The van der Waals surface area contributed by atoms with Crippen LogP contribution in [0.25, 0.3) is 122 Å². The average molecular weight is 1970 g/mol. The summed E-state index contributed by atoms with van der Waals surface area (Å²) in [6.07, 6.45) is 9.69. The molecule has 0 spiro atoms. The largest absolute Gasteiger partial charge is 0.463 e. The van der Waals surface area contributed by atoms with Crippen LogP contribution in [0, 0.1) is 69.2 Å². The van der Waals surface area contributed by atoms with E-state index in [2.05, 4.69) is 80.9 Å². The van der Waals surface area contributed by atoms with E-state index in [0.717, 1.165) is 167 Å². The first-order valence-electron chi connectivity index (χ1n) is 47.6. The monoisotopic (exact) mass is 1960 g/mol. The van der Waals surface area contributed by atoms with Crippen LogP contribution in [0.1, 0.15) is 106 Å². The zero-order valence-electron chi connectivity index (χ0n) is 81.9. The Labute approximate surface area is 848 Å². The Balaban J connectivity index is 0.000000121. The number of nitrogens with zero attached hydrogens (tertiary/aromatic N) is 11. The lowest BCUT2D eigenvalue weighted by Crippen LogP contribution is -2.30. The van der Waals surface area contributed by atoms with E-state index in [1.165, 1.54) is 32.1 Å². The first-order valence-corrected chi connectivity index (χ1v) is 50.8. The summed E-state index contributed by atoms with van der Waals surface area (Å²) in [5, 5.41) is 4.11. The van der Waals surface area contributed by atoms with Gasteiger partial charge >= 0.3 is 0 Å². The molecule has 11 aromatic heterocycles. The molecule has 21 nitrogen and oxygen atoms in total. The van der Waals surface area contributed by atoms with E-state index in [4.69, 9.17) is 53.3 Å². The minimum atomic E-state index is -3.89. The molecule has 0 atom stereocenters. The predicted molar refractivity (Wildman–Crippen MR) is 579 cm³/mol. The minimum Gasteiger partial charge on any atom is -0.463 e. The number of rotatable bonds is 25. The van der Waals surface area contributed by atoms with Gasteiger partial charge in [0, 0.05) is 56.2 Å². The number of benzene rings is 11. The van der Waals surface area contributed by atoms with Crippen LogP contribution in [0.2, 0.25) is 0 Å². The Morgan fingerprint density at radius 3 is 1.01 bits per heavy atom. The summed E-state index contributed by atoms with van der Waals surface area (Å²) >= 11 is 3.33. The van der Waals surface area contributed by atoms with Gasteiger partial charge in [-0.1, -0.05) is 197 Å². The van der Waals surface area contributed by atoms with Crippen LogP contribution in [0.3, 0.4) is 0 Å². The third-order valence-electron chi connectivity index (χ3n) is 24.7. The first kappa shape index (κ1) is 98.4. The number of nitrogen functional groups attached to an aromatic ring is 1. The van der Waals surface area contributed by atoms with Gasteiger partial charge in [-0.3, -0.25) is 18.7 Å². The number of hydrogen-bond donors (Lipinski definition) is 1. The molecule has 0 saturated heterocycles. The number of hydrogen-bond acceptors (Lipinski definition) is 22. The second kappa shape index (κ2) is 44.6. The summed E-state index contributed by atoms with van der Waals surface area (Å²) in [5.41, 5.74) is 39.3. The summed E-state index contributed by atoms with van der Waals surface area (Å²) in [6, 6.07) is 97.2. The lowest BCUT2D eigenvalue weighted by molar-refractivity contribution is -0.118. The number of furan rings is 4. The van der Waals surface area contributed by atoms with E-state index in [1.807, 2.05) is 262 Å². The van der Waals surface area contributed by atoms with E-state index in [-0.39, 0.29) is 28.8 Å². The topological polar surface area (TPSA) is 296 Å². The van der Waals surface area contributed by atoms with Crippen molar-refractivity contribution in [2.45, 2.75) is 126 Å². The van der Waals surface area contributed by atoms with Crippen LogP contribution in [0.15, 0.2) is 362 Å². The van der Waals surface area contributed by atoms with Crippen molar-refractivity contribution >= 4 is 117 Å². The molecule has 720 valence electrons. The molecule has 0 aliphatic heterocycles. The quantitative estimate of drug-likeness (QED) is 0.0520. The number of aromatic nitrogens is 10. The summed E-state index contributed by atoms with van der Waals surface area (Å²) in [4.78, 5) is 87.5. The number of sulfonamides is 1. The lowest BCUT2D eigenvalue weighted by atomic mass is 10.0. The van der Waals surface area contributed by atoms with Crippen molar-refractivity contribution in [3.05, 3.63) is 445 Å². The molecule has 11 aromatic carbocycles. The van der Waals surface area contributed by atoms with Gasteiger partial charge in [-0.25, -0.2) is 58.3 Å². The Hall–Kier alpha value is -16.8. The molecular formula is C121H104N12O9S3. The molecule has 0 bridgehead atoms. The maximum Gasteiger partial charge on any atom is 0.264 e. The van der Waals surface area contributed by atoms with Gasteiger partial charge in [0.2, 0.25) is 0 Å². The Morgan fingerprint density at radius 2 is 0.600 bits per heavy atom. The fraction of sp³-hybridized carbons (Fsp3) is 0.149. The van der Waals surface area contributed by atoms with Gasteiger partial charge in [-0.15, -0.1) is 22.7 Å². The molecule has 24 heteroatoms. The number of Topliss-reactive ketones (excluding diaryl/α,β-unsaturated/α-hetero) is 3. The normalized spacial score (nSPS) is 11.2. The summed E-state index contributed by atoms with van der Waals surface area (Å²) in [6.45, 7) is 20.1. The molecule has 22 rings (SSSR count). The Bertz CT molecular complexity index is 8460. The molecule has 0 saturated carbocycles. The molecule has 2 N–H and O–H groups in total. The molecule has 145 heavy (non-hydrogen) atoms. The molecule has 0 unspecified atom stereocenters. The molecular weight excluding hydrogens is 1860 g/mol. The zero-order valence-corrected chi connectivity index (χ0v) is 84.3. The molecule has 0 radical (unpaired) electrons. The maximum atomic E-state index is 14.0. The Kier molecular flexibility index (Phi) is 30.2. The number of aryl methyl sites for hydroxylation is 10. The van der Waals surface area contributed by atoms with Gasteiger partial charge in [0.1, 0.15) is 51.5 Å². The van der Waals surface area contributed by atoms with E-state index in [1.54, 1.807) is 108 Å². The van der Waals surface area contributed by atoms with Crippen LogP contribution in [-0.4, -0.2) is 75.6 Å². The van der Waals surface area contributed by atoms with Crippen LogP contribution in [0.4, 0.5) is 11.4 Å². The molecule has 22 aromatic rings. The van der Waals surface area contributed by atoms with Crippen molar-refractivity contribution < 1.29 is 40.5 Å². The number of thiophene rings is 2. The van der Waals surface area contributed by atoms with Crippen LogP contribution >= 0.6 is 22.7 Å². The molecule has 0 fully saturated rings. The van der Waals surface area contributed by atoms with Gasteiger partial charge in [-0.2, -0.15) is 0 Å². The van der Waals surface area contributed by atoms with Crippen molar-refractivity contribution in [2.75, 3.05) is 10.0 Å². The van der Waals surface area contributed by atoms with E-state index >= 15 is 0 Å². The highest BCUT2D eigenvalue weighted by molar-refractivity contribution is 7.92. The van der Waals surface area contributed by atoms with Gasteiger partial charge in [0.15, 0.2) is 23.0 Å². The van der Waals surface area contributed by atoms with Crippen molar-refractivity contribution in [3.8, 4) is 67.0 Å². The van der Waals surface area contributed by atoms with E-state index in [9.17, 15) is 22.8 Å². The van der Waals surface area contributed by atoms with E-state index < -0.39 is 10.0 Å². The molecule has 0 aliphatic carbocycles. The number of ketones is 3. The highest BCUT2D eigenvalue weighted by atomic mass is 32.2. The van der Waals surface area contributed by atoms with Gasteiger partial charge in [-0.05, 0) is 264 Å². The smallest absolute Gasteiger partial charge is 0.264 e. The second-order valence-corrected chi connectivity index (χ2v) is 39.9. The molecule has 0 amide bonds. The zero-order chi connectivity index (χ0) is 101. The highest BCUT2D eigenvalue weighted by Gasteiger charge is 2.28. The third-order valence-corrected chi connectivity index (χ3v) is 28.3. The molecule has 11 heterocycles. The van der Waals surface area contributed by atoms with Crippen molar-refractivity contribution in [3.63, 3.8) is 0 Å². The van der Waals surface area contributed by atoms with Crippen LogP contribution < -0.4 is 10.0 Å². The average Bonchev–Trinajstić information content (AvgIpc) is 1.71. The number of fused-ring (bicyclic) bond motifs is 5. The summed E-state index contributed by atoms with van der Waals surface area (Å²) in [7, 11) is -3.89. The first-order chi connectivity index (χ1) is 70.2. The Morgan fingerprint density at radius 1 is 0.290 bits per heavy atom.